The van der Waals surface area contributed by atoms with Crippen molar-refractivity contribution in [3.05, 3.63) is 11.6 Å². The van der Waals surface area contributed by atoms with Crippen LogP contribution in [0.4, 0.5) is 0 Å². The first-order chi connectivity index (χ1) is 6.74. The van der Waals surface area contributed by atoms with E-state index >= 15 is 0 Å². The van der Waals surface area contributed by atoms with Gasteiger partial charge in [0, 0.05) is 12.2 Å². The number of ether oxygens (including phenoxy) is 2. The number of unbranched alkanes of at least 4 members (excludes halogenated alkanes) is 1. The molecule has 1 atom stereocenters. The van der Waals surface area contributed by atoms with Gasteiger partial charge < -0.3 is 14.6 Å². The normalized spacial score (nSPS) is 20.7. The van der Waals surface area contributed by atoms with Crippen molar-refractivity contribution in [3.63, 3.8) is 0 Å². The zero-order chi connectivity index (χ0) is 10.4. The minimum atomic E-state index is -0.293. The van der Waals surface area contributed by atoms with Crippen LogP contribution >= 0.6 is 0 Å². The van der Waals surface area contributed by atoms with Crippen molar-refractivity contribution in [3.8, 4) is 0 Å². The standard InChI is InChI=1S/C10H16O4/c1-8(4-2-3-5-11)10(12)14-7-9-6-13-9/h4,9,11H,2-3,5-7H2,1H3. The van der Waals surface area contributed by atoms with Crippen molar-refractivity contribution in [2.45, 2.75) is 25.9 Å². The van der Waals surface area contributed by atoms with Crippen LogP contribution in [-0.4, -0.2) is 37.0 Å². The topological polar surface area (TPSA) is 59.1 Å². The van der Waals surface area contributed by atoms with E-state index in [2.05, 4.69) is 0 Å². The number of hydrogen-bond acceptors (Lipinski definition) is 4. The first-order valence-corrected chi connectivity index (χ1v) is 4.80. The molecule has 1 N–H and O–H groups in total. The maximum Gasteiger partial charge on any atom is 0.333 e. The third kappa shape index (κ3) is 4.39. The van der Waals surface area contributed by atoms with Crippen molar-refractivity contribution in [1.29, 1.82) is 0 Å². The molecule has 1 fully saturated rings. The Morgan fingerprint density at radius 3 is 3.00 bits per heavy atom. The number of carbonyl (C=O) groups is 1. The van der Waals surface area contributed by atoms with Crippen LogP contribution < -0.4 is 0 Å². The molecule has 0 aromatic carbocycles. The van der Waals surface area contributed by atoms with Gasteiger partial charge in [0.05, 0.1) is 6.61 Å². The van der Waals surface area contributed by atoms with Gasteiger partial charge in [0.15, 0.2) is 0 Å². The van der Waals surface area contributed by atoms with E-state index in [1.54, 1.807) is 13.0 Å². The number of hydrogen-bond donors (Lipinski definition) is 1. The second kappa shape index (κ2) is 5.78. The molecule has 0 bridgehead atoms. The molecule has 0 aromatic rings. The lowest BCUT2D eigenvalue weighted by molar-refractivity contribution is -0.139. The summed E-state index contributed by atoms with van der Waals surface area (Å²) in [7, 11) is 0. The molecular weight excluding hydrogens is 184 g/mol. The van der Waals surface area contributed by atoms with Crippen LogP contribution in [0.2, 0.25) is 0 Å². The zero-order valence-corrected chi connectivity index (χ0v) is 8.36. The van der Waals surface area contributed by atoms with Gasteiger partial charge in [-0.25, -0.2) is 4.79 Å². The van der Waals surface area contributed by atoms with Crippen molar-refractivity contribution in [2.75, 3.05) is 19.8 Å². The monoisotopic (exact) mass is 200 g/mol. The van der Waals surface area contributed by atoms with Crippen LogP contribution in [0, 0.1) is 0 Å². The smallest absolute Gasteiger partial charge is 0.333 e. The number of aliphatic hydroxyl groups is 1. The van der Waals surface area contributed by atoms with E-state index in [4.69, 9.17) is 14.6 Å². The highest BCUT2D eigenvalue weighted by Gasteiger charge is 2.24. The molecule has 1 unspecified atom stereocenters. The van der Waals surface area contributed by atoms with Gasteiger partial charge in [-0.15, -0.1) is 0 Å². The Balaban J connectivity index is 2.16. The molecule has 4 nitrogen and oxygen atoms in total. The number of epoxide rings is 1. The van der Waals surface area contributed by atoms with Crippen LogP contribution in [-0.2, 0) is 14.3 Å². The summed E-state index contributed by atoms with van der Waals surface area (Å²) in [6, 6.07) is 0. The van der Waals surface area contributed by atoms with Crippen LogP contribution in [0.3, 0.4) is 0 Å². The Kier molecular flexibility index (Phi) is 4.62. The summed E-state index contributed by atoms with van der Waals surface area (Å²) in [6.45, 7) is 2.91. The Morgan fingerprint density at radius 2 is 2.43 bits per heavy atom. The van der Waals surface area contributed by atoms with Crippen LogP contribution in [0.25, 0.3) is 0 Å². The number of esters is 1. The summed E-state index contributed by atoms with van der Waals surface area (Å²) in [6.07, 6.45) is 3.28. The molecule has 1 saturated heterocycles. The lowest BCUT2D eigenvalue weighted by Crippen LogP contribution is -2.10. The predicted molar refractivity (Wildman–Crippen MR) is 50.8 cm³/mol. The number of carbonyl (C=O) groups excluding carboxylic acids is 1. The molecule has 1 heterocycles. The minimum Gasteiger partial charge on any atom is -0.459 e. The first-order valence-electron chi connectivity index (χ1n) is 4.80. The number of allylic oxidation sites excluding steroid dienone is 1. The van der Waals surface area contributed by atoms with Crippen LogP contribution in [0.15, 0.2) is 11.6 Å². The minimum absolute atomic E-state index is 0.115. The van der Waals surface area contributed by atoms with Crippen LogP contribution in [0.5, 0.6) is 0 Å². The fourth-order valence-corrected chi connectivity index (χ4v) is 0.940. The fraction of sp³-hybridized carbons (Fsp3) is 0.700. The quantitative estimate of drug-likeness (QED) is 0.296. The molecule has 0 spiro atoms. The molecule has 0 aliphatic carbocycles. The highest BCUT2D eigenvalue weighted by Crippen LogP contribution is 2.10. The van der Waals surface area contributed by atoms with Crippen molar-refractivity contribution in [1.82, 2.24) is 0 Å². The third-order valence-electron chi connectivity index (χ3n) is 1.94. The fourth-order valence-electron chi connectivity index (χ4n) is 0.940. The summed E-state index contributed by atoms with van der Waals surface area (Å²) < 4.78 is 9.87. The Hall–Kier alpha value is -0.870. The van der Waals surface area contributed by atoms with Gasteiger partial charge in [0.2, 0.25) is 0 Å². The lowest BCUT2D eigenvalue weighted by atomic mass is 10.2. The van der Waals surface area contributed by atoms with Gasteiger partial charge >= 0.3 is 5.97 Å². The second-order valence-electron chi connectivity index (χ2n) is 3.31. The summed E-state index contributed by atoms with van der Waals surface area (Å²) in [4.78, 5) is 11.3. The maximum atomic E-state index is 11.3. The summed E-state index contributed by atoms with van der Waals surface area (Å²) in [5, 5.41) is 8.54. The molecule has 0 saturated carbocycles. The summed E-state index contributed by atoms with van der Waals surface area (Å²) >= 11 is 0. The van der Waals surface area contributed by atoms with E-state index in [0.717, 1.165) is 0 Å². The largest absolute Gasteiger partial charge is 0.459 e. The van der Waals surface area contributed by atoms with E-state index in [9.17, 15) is 4.79 Å². The summed E-state index contributed by atoms with van der Waals surface area (Å²) in [5.74, 6) is -0.293. The van der Waals surface area contributed by atoms with Crippen molar-refractivity contribution < 1.29 is 19.4 Å². The van der Waals surface area contributed by atoms with Gasteiger partial charge in [-0.05, 0) is 19.8 Å². The lowest BCUT2D eigenvalue weighted by Gasteiger charge is -2.02. The molecule has 4 heteroatoms. The maximum absolute atomic E-state index is 11.3. The van der Waals surface area contributed by atoms with Crippen molar-refractivity contribution >= 4 is 5.97 Å². The van der Waals surface area contributed by atoms with Gasteiger partial charge in [-0.3, -0.25) is 0 Å². The second-order valence-corrected chi connectivity index (χ2v) is 3.31. The van der Waals surface area contributed by atoms with Gasteiger partial charge in [-0.1, -0.05) is 6.08 Å². The Bertz CT molecular complexity index is 218. The Morgan fingerprint density at radius 1 is 1.71 bits per heavy atom. The SMILES string of the molecule is CC(=CCCCO)C(=O)OCC1CO1. The van der Waals surface area contributed by atoms with Gasteiger partial charge in [0.25, 0.3) is 0 Å². The van der Waals surface area contributed by atoms with Gasteiger partial charge in [-0.2, -0.15) is 0 Å². The van der Waals surface area contributed by atoms with E-state index in [1.807, 2.05) is 0 Å². The predicted octanol–water partition coefficient (Wildman–Crippen LogP) is 0.647. The van der Waals surface area contributed by atoms with E-state index < -0.39 is 0 Å². The number of aliphatic hydroxyl groups excluding tert-OH is 1. The van der Waals surface area contributed by atoms with E-state index in [1.165, 1.54) is 0 Å². The zero-order valence-electron chi connectivity index (χ0n) is 8.36. The molecule has 0 amide bonds. The highest BCUT2D eigenvalue weighted by molar-refractivity contribution is 5.87. The first kappa shape index (κ1) is 11.2. The van der Waals surface area contributed by atoms with Crippen LogP contribution in [0.1, 0.15) is 19.8 Å². The van der Waals surface area contributed by atoms with Crippen molar-refractivity contribution in [2.24, 2.45) is 0 Å². The third-order valence-corrected chi connectivity index (χ3v) is 1.94. The molecule has 1 rings (SSSR count). The Labute approximate surface area is 83.5 Å². The average Bonchev–Trinajstić information content (AvgIpc) is 2.98. The summed E-state index contributed by atoms with van der Waals surface area (Å²) in [5.41, 5.74) is 0.596. The molecular formula is C10H16O4. The molecule has 80 valence electrons. The van der Waals surface area contributed by atoms with E-state index in [0.29, 0.717) is 31.6 Å². The average molecular weight is 200 g/mol. The molecule has 1 aliphatic heterocycles. The molecule has 1 aliphatic rings. The number of rotatable bonds is 6. The van der Waals surface area contributed by atoms with Gasteiger partial charge in [0.1, 0.15) is 12.7 Å². The molecule has 14 heavy (non-hydrogen) atoms. The van der Waals surface area contributed by atoms with E-state index in [-0.39, 0.29) is 18.7 Å². The molecule has 0 aromatic heterocycles. The molecule has 0 radical (unpaired) electrons. The highest BCUT2D eigenvalue weighted by atomic mass is 16.6.